The Labute approximate surface area is 125 Å². The van der Waals surface area contributed by atoms with Gasteiger partial charge in [0.25, 0.3) is 0 Å². The van der Waals surface area contributed by atoms with E-state index >= 15 is 0 Å². The highest BCUT2D eigenvalue weighted by atomic mass is 16.5. The van der Waals surface area contributed by atoms with Crippen molar-refractivity contribution < 1.29 is 9.84 Å². The number of rotatable bonds is 3. The first-order chi connectivity index (χ1) is 10.1. The van der Waals surface area contributed by atoms with E-state index in [0.29, 0.717) is 0 Å². The van der Waals surface area contributed by atoms with Crippen LogP contribution in [0.4, 0.5) is 5.82 Å². The Bertz CT molecular complexity index is 644. The summed E-state index contributed by atoms with van der Waals surface area (Å²) in [5.74, 6) is 0.931. The van der Waals surface area contributed by atoms with E-state index < -0.39 is 0 Å². The minimum Gasteiger partial charge on any atom is -0.392 e. The van der Waals surface area contributed by atoms with Crippen LogP contribution in [0.2, 0.25) is 0 Å². The second kappa shape index (κ2) is 5.62. The monoisotopic (exact) mass is 286 g/mol. The van der Waals surface area contributed by atoms with Gasteiger partial charge in [-0.2, -0.15) is 0 Å². The van der Waals surface area contributed by atoms with Gasteiger partial charge in [-0.15, -0.1) is 0 Å². The normalized spacial score (nSPS) is 22.7. The Hall–Kier alpha value is -1.65. The number of ether oxygens (including phenoxy) is 1. The van der Waals surface area contributed by atoms with Crippen LogP contribution >= 0.6 is 0 Å². The van der Waals surface area contributed by atoms with Crippen LogP contribution in [0.25, 0.3) is 10.9 Å². The average molecular weight is 286 g/mol. The van der Waals surface area contributed by atoms with Crippen molar-refractivity contribution >= 4 is 16.7 Å². The fraction of sp³-hybridized carbons (Fsp3) is 0.471. The van der Waals surface area contributed by atoms with Crippen molar-refractivity contribution in [3.8, 4) is 0 Å². The molecule has 21 heavy (non-hydrogen) atoms. The number of pyridine rings is 1. The van der Waals surface area contributed by atoms with Crippen LogP contribution in [0.5, 0.6) is 0 Å². The van der Waals surface area contributed by atoms with Crippen LogP contribution < -0.4 is 4.90 Å². The summed E-state index contributed by atoms with van der Waals surface area (Å²) < 4.78 is 5.66. The standard InChI is InChI=1S/C17H22N2O2/c1-17(21-2)8-5-9-19(12-17)16-10-13(11-20)14-6-3-4-7-15(14)18-16/h3-4,6-7,10,20H,5,8-9,11-12H2,1-2H3. The van der Waals surface area contributed by atoms with Gasteiger partial charge >= 0.3 is 0 Å². The van der Waals surface area contributed by atoms with E-state index in [1.54, 1.807) is 7.11 Å². The molecule has 0 aliphatic carbocycles. The number of methoxy groups -OCH3 is 1. The van der Waals surface area contributed by atoms with Crippen LogP contribution in [-0.4, -0.2) is 35.9 Å². The third-order valence-corrected chi connectivity index (χ3v) is 4.43. The lowest BCUT2D eigenvalue weighted by Crippen LogP contribution is -2.47. The van der Waals surface area contributed by atoms with Crippen molar-refractivity contribution in [1.82, 2.24) is 4.98 Å². The lowest BCUT2D eigenvalue weighted by molar-refractivity contribution is -0.00480. The summed E-state index contributed by atoms with van der Waals surface area (Å²) in [6.45, 7) is 3.99. The highest BCUT2D eigenvalue weighted by Crippen LogP contribution is 2.29. The minimum absolute atomic E-state index is 0.0332. The zero-order valence-corrected chi connectivity index (χ0v) is 12.7. The first-order valence-corrected chi connectivity index (χ1v) is 7.45. The molecule has 2 heterocycles. The van der Waals surface area contributed by atoms with E-state index in [9.17, 15) is 5.11 Å². The van der Waals surface area contributed by atoms with Crippen molar-refractivity contribution in [2.75, 3.05) is 25.1 Å². The molecule has 1 fully saturated rings. The number of para-hydroxylation sites is 1. The summed E-state index contributed by atoms with van der Waals surface area (Å²) >= 11 is 0. The van der Waals surface area contributed by atoms with Crippen molar-refractivity contribution in [2.45, 2.75) is 32.0 Å². The van der Waals surface area contributed by atoms with Crippen LogP contribution in [0.1, 0.15) is 25.3 Å². The fourth-order valence-electron chi connectivity index (χ4n) is 3.09. The van der Waals surface area contributed by atoms with Crippen molar-refractivity contribution in [3.05, 3.63) is 35.9 Å². The molecule has 1 aliphatic heterocycles. The zero-order chi connectivity index (χ0) is 14.9. The number of aromatic nitrogens is 1. The second-order valence-electron chi connectivity index (χ2n) is 5.99. The summed E-state index contributed by atoms with van der Waals surface area (Å²) in [5, 5.41) is 10.7. The Kier molecular flexibility index (Phi) is 3.83. The molecule has 0 saturated carbocycles. The van der Waals surface area contributed by atoms with Crippen molar-refractivity contribution in [3.63, 3.8) is 0 Å². The van der Waals surface area contributed by atoms with Crippen LogP contribution in [0, 0.1) is 0 Å². The summed E-state index contributed by atoms with van der Waals surface area (Å²) in [6.07, 6.45) is 2.16. The highest BCUT2D eigenvalue weighted by Gasteiger charge is 2.31. The third kappa shape index (κ3) is 2.74. The van der Waals surface area contributed by atoms with Crippen molar-refractivity contribution in [2.24, 2.45) is 0 Å². The molecule has 112 valence electrons. The Morgan fingerprint density at radius 1 is 1.38 bits per heavy atom. The number of nitrogens with zero attached hydrogens (tertiary/aromatic N) is 2. The van der Waals surface area contributed by atoms with Crippen molar-refractivity contribution in [1.29, 1.82) is 0 Å². The maximum atomic E-state index is 9.64. The van der Waals surface area contributed by atoms with Gasteiger partial charge in [-0.1, -0.05) is 18.2 Å². The van der Waals surface area contributed by atoms with E-state index in [1.807, 2.05) is 30.3 Å². The molecule has 3 rings (SSSR count). The summed E-state index contributed by atoms with van der Waals surface area (Å²) in [7, 11) is 1.77. The molecule has 1 unspecified atom stereocenters. The average Bonchev–Trinajstić information content (AvgIpc) is 2.54. The van der Waals surface area contributed by atoms with Gasteiger partial charge in [0.15, 0.2) is 0 Å². The minimum atomic E-state index is -0.120. The maximum Gasteiger partial charge on any atom is 0.129 e. The predicted octanol–water partition coefficient (Wildman–Crippen LogP) is 2.73. The van der Waals surface area contributed by atoms with Gasteiger partial charge in [0.1, 0.15) is 5.82 Å². The quantitative estimate of drug-likeness (QED) is 0.942. The van der Waals surface area contributed by atoms with Gasteiger partial charge < -0.3 is 14.7 Å². The van der Waals surface area contributed by atoms with E-state index in [2.05, 4.69) is 11.8 Å². The van der Waals surface area contributed by atoms with Gasteiger partial charge in [-0.3, -0.25) is 0 Å². The predicted molar refractivity (Wildman–Crippen MR) is 84.5 cm³/mol. The number of benzene rings is 1. The number of hydrogen-bond donors (Lipinski definition) is 1. The summed E-state index contributed by atoms with van der Waals surface area (Å²) in [4.78, 5) is 7.03. The Balaban J connectivity index is 2.00. The van der Waals surface area contributed by atoms with E-state index in [1.165, 1.54) is 0 Å². The molecule has 0 bridgehead atoms. The number of aliphatic hydroxyl groups is 1. The molecule has 0 amide bonds. The number of anilines is 1. The van der Waals surface area contributed by atoms with E-state index in [0.717, 1.165) is 48.2 Å². The Morgan fingerprint density at radius 3 is 2.95 bits per heavy atom. The molecule has 4 heteroatoms. The summed E-state index contributed by atoms with van der Waals surface area (Å²) in [5.41, 5.74) is 1.74. The smallest absolute Gasteiger partial charge is 0.129 e. The lowest BCUT2D eigenvalue weighted by atomic mass is 9.94. The molecule has 1 aliphatic rings. The highest BCUT2D eigenvalue weighted by molar-refractivity contribution is 5.84. The van der Waals surface area contributed by atoms with Gasteiger partial charge in [0.2, 0.25) is 0 Å². The second-order valence-corrected chi connectivity index (χ2v) is 5.99. The summed E-state index contributed by atoms with van der Waals surface area (Å²) in [6, 6.07) is 9.97. The lowest BCUT2D eigenvalue weighted by Gasteiger charge is -2.40. The molecular weight excluding hydrogens is 264 g/mol. The molecule has 1 saturated heterocycles. The molecule has 0 radical (unpaired) electrons. The largest absolute Gasteiger partial charge is 0.392 e. The number of fused-ring (bicyclic) bond motifs is 1. The van der Waals surface area contributed by atoms with Crippen LogP contribution in [0.15, 0.2) is 30.3 Å². The molecule has 1 atom stereocenters. The first kappa shape index (κ1) is 14.3. The molecule has 1 N–H and O–H groups in total. The van der Waals surface area contributed by atoms with Gasteiger partial charge in [0, 0.05) is 25.6 Å². The molecule has 2 aromatic rings. The number of hydrogen-bond acceptors (Lipinski definition) is 4. The van der Waals surface area contributed by atoms with E-state index in [-0.39, 0.29) is 12.2 Å². The number of aliphatic hydroxyl groups excluding tert-OH is 1. The molecule has 0 spiro atoms. The van der Waals surface area contributed by atoms with Crippen LogP contribution in [0.3, 0.4) is 0 Å². The molecular formula is C17H22N2O2. The molecule has 4 nitrogen and oxygen atoms in total. The van der Waals surface area contributed by atoms with Crippen LogP contribution in [-0.2, 0) is 11.3 Å². The first-order valence-electron chi connectivity index (χ1n) is 7.45. The third-order valence-electron chi connectivity index (χ3n) is 4.43. The van der Waals surface area contributed by atoms with E-state index in [4.69, 9.17) is 9.72 Å². The SMILES string of the molecule is COC1(C)CCCN(c2cc(CO)c3ccccc3n2)C1. The maximum absolute atomic E-state index is 9.64. The molecule has 1 aromatic heterocycles. The molecule has 1 aromatic carbocycles. The Morgan fingerprint density at radius 2 is 2.19 bits per heavy atom. The number of piperidine rings is 1. The van der Waals surface area contributed by atoms with Gasteiger partial charge in [0.05, 0.1) is 17.7 Å². The van der Waals surface area contributed by atoms with Gasteiger partial charge in [-0.25, -0.2) is 4.98 Å². The fourth-order valence-corrected chi connectivity index (χ4v) is 3.09. The topological polar surface area (TPSA) is 45.6 Å². The zero-order valence-electron chi connectivity index (χ0n) is 12.7. The van der Waals surface area contributed by atoms with Gasteiger partial charge in [-0.05, 0) is 37.5 Å².